The molecule has 6 heteroatoms. The van der Waals surface area contributed by atoms with Crippen molar-refractivity contribution >= 4 is 5.69 Å². The molecule has 1 unspecified atom stereocenters. The van der Waals surface area contributed by atoms with Gasteiger partial charge in [0.1, 0.15) is 0 Å². The number of nitrogens with zero attached hydrogens (tertiary/aromatic N) is 3. The SMILES string of the molecule is CC1CCN(c2cccc3c2C[C@H](CN(C)[C@H]2CCCc4cccnc42)NC3)CC1(F)F. The number of aromatic nitrogens is 1. The molecule has 2 aromatic rings. The number of nitrogens with one attached hydrogen (secondary N) is 1. The summed E-state index contributed by atoms with van der Waals surface area (Å²) in [5.41, 5.74) is 6.10. The molecule has 2 aliphatic heterocycles. The topological polar surface area (TPSA) is 31.4 Å². The lowest BCUT2D eigenvalue weighted by Gasteiger charge is -2.41. The van der Waals surface area contributed by atoms with Crippen molar-refractivity contribution in [3.8, 4) is 0 Å². The van der Waals surface area contributed by atoms with Crippen molar-refractivity contribution in [1.82, 2.24) is 15.2 Å². The molecule has 0 spiro atoms. The Morgan fingerprint density at radius 2 is 2.03 bits per heavy atom. The van der Waals surface area contributed by atoms with E-state index in [1.54, 1.807) is 6.92 Å². The van der Waals surface area contributed by atoms with Gasteiger partial charge in [0.05, 0.1) is 18.3 Å². The Labute approximate surface area is 190 Å². The van der Waals surface area contributed by atoms with E-state index >= 15 is 0 Å². The largest absolute Gasteiger partial charge is 0.365 e. The standard InChI is InChI=1S/C26H34F2N4/c1-18-11-13-32(17-26(18,27)28)23-9-4-7-20-15-30-21(14-22(20)23)16-31(2)24-10-3-6-19-8-5-12-29-25(19)24/h4-5,7-9,12,18,21,24,30H,3,6,10-11,13-17H2,1-2H3/t18?,21-,24+/m1/s1. The Morgan fingerprint density at radius 1 is 1.19 bits per heavy atom. The van der Waals surface area contributed by atoms with E-state index in [4.69, 9.17) is 4.98 Å². The highest BCUT2D eigenvalue weighted by Gasteiger charge is 2.42. The number of rotatable bonds is 4. The van der Waals surface area contributed by atoms with Crippen LogP contribution in [-0.2, 0) is 19.4 Å². The predicted molar refractivity (Wildman–Crippen MR) is 124 cm³/mol. The van der Waals surface area contributed by atoms with Crippen LogP contribution in [0.1, 0.15) is 54.6 Å². The zero-order valence-electron chi connectivity index (χ0n) is 19.2. The van der Waals surface area contributed by atoms with Gasteiger partial charge in [-0.15, -0.1) is 0 Å². The highest BCUT2D eigenvalue weighted by atomic mass is 19.3. The van der Waals surface area contributed by atoms with Crippen molar-refractivity contribution in [3.05, 3.63) is 58.9 Å². The first-order valence-electron chi connectivity index (χ1n) is 12.0. The van der Waals surface area contributed by atoms with Gasteiger partial charge in [-0.3, -0.25) is 9.88 Å². The van der Waals surface area contributed by atoms with Crippen molar-refractivity contribution in [2.45, 2.75) is 63.6 Å². The van der Waals surface area contributed by atoms with Gasteiger partial charge >= 0.3 is 0 Å². The number of piperidine rings is 1. The third-order valence-electron chi connectivity index (χ3n) is 7.78. The average Bonchev–Trinajstić information content (AvgIpc) is 2.80. The summed E-state index contributed by atoms with van der Waals surface area (Å²) in [7, 11) is 2.20. The quantitative estimate of drug-likeness (QED) is 0.754. The van der Waals surface area contributed by atoms with Crippen molar-refractivity contribution in [2.75, 3.05) is 31.6 Å². The fourth-order valence-electron chi connectivity index (χ4n) is 5.77. The van der Waals surface area contributed by atoms with Crippen LogP contribution >= 0.6 is 0 Å². The molecule has 0 radical (unpaired) electrons. The highest BCUT2D eigenvalue weighted by molar-refractivity contribution is 5.58. The van der Waals surface area contributed by atoms with E-state index in [1.807, 2.05) is 29.3 Å². The normalized spacial score (nSPS) is 27.2. The van der Waals surface area contributed by atoms with Crippen molar-refractivity contribution in [3.63, 3.8) is 0 Å². The monoisotopic (exact) mass is 440 g/mol. The van der Waals surface area contributed by atoms with Gasteiger partial charge in [-0.05, 0) is 68.0 Å². The Hall–Kier alpha value is -2.05. The van der Waals surface area contributed by atoms with Crippen LogP contribution in [0, 0.1) is 5.92 Å². The third kappa shape index (κ3) is 4.15. The summed E-state index contributed by atoms with van der Waals surface area (Å²) < 4.78 is 29.0. The molecule has 1 fully saturated rings. The van der Waals surface area contributed by atoms with Crippen LogP contribution in [0.5, 0.6) is 0 Å². The summed E-state index contributed by atoms with van der Waals surface area (Å²) in [5, 5.41) is 3.69. The summed E-state index contributed by atoms with van der Waals surface area (Å²) in [6.07, 6.45) is 6.76. The molecule has 5 rings (SSSR count). The number of hydrogen-bond acceptors (Lipinski definition) is 4. The smallest absolute Gasteiger partial charge is 0.267 e. The number of aryl methyl sites for hydroxylation is 1. The highest BCUT2D eigenvalue weighted by Crippen LogP contribution is 2.38. The number of likely N-dealkylation sites (N-methyl/N-ethyl adjacent to an activating group) is 1. The molecule has 1 saturated heterocycles. The molecule has 3 atom stereocenters. The first kappa shape index (κ1) is 21.8. The number of benzene rings is 1. The van der Waals surface area contributed by atoms with Gasteiger partial charge in [-0.25, -0.2) is 8.78 Å². The fourth-order valence-corrected chi connectivity index (χ4v) is 5.77. The molecule has 1 aromatic heterocycles. The minimum absolute atomic E-state index is 0.173. The van der Waals surface area contributed by atoms with Gasteiger partial charge in [0, 0.05) is 43.5 Å². The predicted octanol–water partition coefficient (Wildman–Crippen LogP) is 4.59. The molecule has 172 valence electrons. The zero-order chi connectivity index (χ0) is 22.3. The molecule has 3 aliphatic rings. The molecular formula is C26H34F2N4. The van der Waals surface area contributed by atoms with Crippen molar-refractivity contribution in [2.24, 2.45) is 5.92 Å². The molecule has 1 N–H and O–H groups in total. The third-order valence-corrected chi connectivity index (χ3v) is 7.78. The summed E-state index contributed by atoms with van der Waals surface area (Å²) in [4.78, 5) is 9.07. The van der Waals surface area contributed by atoms with Crippen LogP contribution < -0.4 is 10.2 Å². The van der Waals surface area contributed by atoms with Gasteiger partial charge < -0.3 is 10.2 Å². The van der Waals surface area contributed by atoms with Crippen LogP contribution in [0.2, 0.25) is 0 Å². The maximum atomic E-state index is 14.5. The van der Waals surface area contributed by atoms with E-state index in [-0.39, 0.29) is 6.54 Å². The molecule has 32 heavy (non-hydrogen) atoms. The Morgan fingerprint density at radius 3 is 2.88 bits per heavy atom. The van der Waals surface area contributed by atoms with Gasteiger partial charge in [0.25, 0.3) is 5.92 Å². The van der Waals surface area contributed by atoms with E-state index in [1.165, 1.54) is 28.8 Å². The van der Waals surface area contributed by atoms with Crippen LogP contribution in [0.4, 0.5) is 14.5 Å². The summed E-state index contributed by atoms with van der Waals surface area (Å²) in [6.45, 7) is 3.91. The van der Waals surface area contributed by atoms with E-state index in [0.717, 1.165) is 38.0 Å². The number of anilines is 1. The minimum atomic E-state index is -2.63. The van der Waals surface area contributed by atoms with E-state index < -0.39 is 11.8 Å². The van der Waals surface area contributed by atoms with Gasteiger partial charge in [-0.1, -0.05) is 25.1 Å². The maximum Gasteiger partial charge on any atom is 0.267 e. The Kier molecular flexibility index (Phi) is 5.93. The Balaban J connectivity index is 1.32. The first-order valence-corrected chi connectivity index (χ1v) is 12.0. The molecule has 1 aliphatic carbocycles. The zero-order valence-corrected chi connectivity index (χ0v) is 19.2. The van der Waals surface area contributed by atoms with Crippen LogP contribution in [-0.4, -0.2) is 48.5 Å². The van der Waals surface area contributed by atoms with Crippen LogP contribution in [0.15, 0.2) is 36.5 Å². The number of pyridine rings is 1. The second-order valence-corrected chi connectivity index (χ2v) is 9.96. The molecule has 4 nitrogen and oxygen atoms in total. The molecule has 0 amide bonds. The molecule has 0 saturated carbocycles. The van der Waals surface area contributed by atoms with Crippen molar-refractivity contribution in [1.29, 1.82) is 0 Å². The summed E-state index contributed by atoms with van der Waals surface area (Å²) >= 11 is 0. The lowest BCUT2D eigenvalue weighted by molar-refractivity contribution is -0.0572. The van der Waals surface area contributed by atoms with E-state index in [2.05, 4.69) is 29.4 Å². The number of fused-ring (bicyclic) bond motifs is 2. The van der Waals surface area contributed by atoms with Crippen molar-refractivity contribution < 1.29 is 8.78 Å². The Bertz CT molecular complexity index is 963. The summed E-state index contributed by atoms with van der Waals surface area (Å²) in [5.74, 6) is -3.18. The maximum absolute atomic E-state index is 14.5. The van der Waals surface area contributed by atoms with Crippen LogP contribution in [0.25, 0.3) is 0 Å². The van der Waals surface area contributed by atoms with Gasteiger partial charge in [-0.2, -0.15) is 0 Å². The first-order chi connectivity index (χ1) is 15.4. The average molecular weight is 441 g/mol. The molecule has 1 aromatic carbocycles. The molecular weight excluding hydrogens is 406 g/mol. The second-order valence-electron chi connectivity index (χ2n) is 9.96. The number of halogens is 2. The minimum Gasteiger partial charge on any atom is -0.365 e. The second kappa shape index (κ2) is 8.71. The van der Waals surface area contributed by atoms with Gasteiger partial charge in [0.2, 0.25) is 0 Å². The molecule has 3 heterocycles. The number of alkyl halides is 2. The van der Waals surface area contributed by atoms with E-state index in [0.29, 0.717) is 25.0 Å². The summed E-state index contributed by atoms with van der Waals surface area (Å²) in [6, 6.07) is 11.1. The number of hydrogen-bond donors (Lipinski definition) is 1. The lowest BCUT2D eigenvalue weighted by atomic mass is 9.89. The fraction of sp³-hybridized carbons (Fsp3) is 0.577. The van der Waals surface area contributed by atoms with Gasteiger partial charge in [0.15, 0.2) is 0 Å². The van der Waals surface area contributed by atoms with Crippen LogP contribution in [0.3, 0.4) is 0 Å². The van der Waals surface area contributed by atoms with E-state index in [9.17, 15) is 8.78 Å². The molecule has 0 bridgehead atoms. The lowest BCUT2D eigenvalue weighted by Crippen LogP contribution is -2.49.